The first-order valence-corrected chi connectivity index (χ1v) is 10.8. The van der Waals surface area contributed by atoms with Crippen LogP contribution in [0.5, 0.6) is 5.75 Å². The summed E-state index contributed by atoms with van der Waals surface area (Å²) >= 11 is 5.99. The highest BCUT2D eigenvalue weighted by Gasteiger charge is 2.47. The van der Waals surface area contributed by atoms with E-state index in [1.165, 1.54) is 7.11 Å². The molecule has 2 aromatic rings. The van der Waals surface area contributed by atoms with Gasteiger partial charge in [0.25, 0.3) is 0 Å². The second-order valence-electron chi connectivity index (χ2n) is 7.99. The molecular formula is C23H23ClN4O5. The van der Waals surface area contributed by atoms with Gasteiger partial charge in [-0.25, -0.2) is 9.59 Å². The van der Waals surface area contributed by atoms with Crippen molar-refractivity contribution in [3.63, 3.8) is 0 Å². The Morgan fingerprint density at radius 3 is 2.64 bits per heavy atom. The van der Waals surface area contributed by atoms with Crippen LogP contribution in [0.3, 0.4) is 0 Å². The largest absolute Gasteiger partial charge is 0.495 e. The van der Waals surface area contributed by atoms with Crippen molar-refractivity contribution in [3.05, 3.63) is 58.6 Å². The van der Waals surface area contributed by atoms with Gasteiger partial charge in [-0.05, 0) is 35.9 Å². The molecule has 33 heavy (non-hydrogen) atoms. The van der Waals surface area contributed by atoms with Gasteiger partial charge in [-0.15, -0.1) is 5.06 Å². The average molecular weight is 471 g/mol. The zero-order valence-corrected chi connectivity index (χ0v) is 18.8. The molecule has 0 radical (unpaired) electrons. The highest BCUT2D eigenvalue weighted by molar-refractivity contribution is 6.31. The molecule has 2 aliphatic heterocycles. The van der Waals surface area contributed by atoms with Crippen molar-refractivity contribution in [2.75, 3.05) is 32.1 Å². The maximum atomic E-state index is 12.4. The number of rotatable bonds is 5. The van der Waals surface area contributed by atoms with E-state index in [-0.39, 0.29) is 6.09 Å². The Morgan fingerprint density at radius 1 is 1.24 bits per heavy atom. The summed E-state index contributed by atoms with van der Waals surface area (Å²) in [4.78, 5) is 31.9. The van der Waals surface area contributed by atoms with E-state index in [9.17, 15) is 9.59 Å². The topological polar surface area (TPSA) is 104 Å². The summed E-state index contributed by atoms with van der Waals surface area (Å²) in [6, 6.07) is 14.1. The van der Waals surface area contributed by atoms with Crippen LogP contribution in [0.15, 0.2) is 42.5 Å². The van der Waals surface area contributed by atoms with Crippen molar-refractivity contribution in [2.45, 2.75) is 25.0 Å². The summed E-state index contributed by atoms with van der Waals surface area (Å²) in [5, 5.41) is 13.6. The second kappa shape index (κ2) is 9.57. The van der Waals surface area contributed by atoms with Gasteiger partial charge in [0.15, 0.2) is 0 Å². The van der Waals surface area contributed by atoms with Gasteiger partial charge in [-0.2, -0.15) is 5.26 Å². The average Bonchev–Trinajstić information content (AvgIpc) is 3.10. The highest BCUT2D eigenvalue weighted by atomic mass is 35.5. The van der Waals surface area contributed by atoms with Gasteiger partial charge in [0.05, 0.1) is 31.0 Å². The molecule has 0 saturated carbocycles. The molecule has 0 aromatic heterocycles. The van der Waals surface area contributed by atoms with E-state index < -0.39 is 11.7 Å². The van der Waals surface area contributed by atoms with Crippen molar-refractivity contribution in [1.29, 1.82) is 5.26 Å². The molecule has 0 aliphatic carbocycles. The zero-order chi connectivity index (χ0) is 23.4. The zero-order valence-electron chi connectivity index (χ0n) is 18.0. The van der Waals surface area contributed by atoms with Crippen molar-refractivity contribution in [3.8, 4) is 11.8 Å². The standard InChI is InChI=1S/C23H23ClN4O5/c1-31-20-7-6-18(24)12-19(20)26-21(29)33-28-10-8-23(9-11-28)15-27(22(30)32-23)14-17-4-2-16(13-25)3-5-17/h2-7,12H,8-11,14-15H2,1H3,(H,26,29). The number of piperidine rings is 1. The van der Waals surface area contributed by atoms with Crippen LogP contribution in [-0.2, 0) is 16.1 Å². The third-order valence-electron chi connectivity index (χ3n) is 5.74. The molecule has 1 N–H and O–H groups in total. The van der Waals surface area contributed by atoms with Gasteiger partial charge in [-0.3, -0.25) is 10.2 Å². The number of hydrogen-bond donors (Lipinski definition) is 1. The van der Waals surface area contributed by atoms with E-state index in [0.29, 0.717) is 61.0 Å². The van der Waals surface area contributed by atoms with Crippen LogP contribution in [0.1, 0.15) is 24.0 Å². The first-order valence-electron chi connectivity index (χ1n) is 10.4. The Bertz CT molecular complexity index is 1080. The molecule has 2 fully saturated rings. The Labute approximate surface area is 196 Å². The molecule has 0 atom stereocenters. The first kappa shape index (κ1) is 22.7. The second-order valence-corrected chi connectivity index (χ2v) is 8.43. The Hall–Kier alpha value is -3.48. The molecule has 172 valence electrons. The summed E-state index contributed by atoms with van der Waals surface area (Å²) in [6.45, 7) is 1.73. The molecule has 0 bridgehead atoms. The number of anilines is 1. The van der Waals surface area contributed by atoms with Crippen molar-refractivity contribution >= 4 is 29.5 Å². The normalized spacial score (nSPS) is 17.4. The number of hydroxylamine groups is 2. The quantitative estimate of drug-likeness (QED) is 0.699. The first-order chi connectivity index (χ1) is 15.9. The highest BCUT2D eigenvalue weighted by Crippen LogP contribution is 2.34. The molecule has 1 spiro atoms. The number of carbonyl (C=O) groups is 2. The molecule has 4 rings (SSSR count). The summed E-state index contributed by atoms with van der Waals surface area (Å²) in [7, 11) is 1.50. The van der Waals surface area contributed by atoms with Gasteiger partial charge in [0.1, 0.15) is 11.4 Å². The lowest BCUT2D eigenvalue weighted by Gasteiger charge is -2.36. The fourth-order valence-electron chi connectivity index (χ4n) is 3.99. The number of nitrogens with zero attached hydrogens (tertiary/aromatic N) is 3. The number of hydrogen-bond acceptors (Lipinski definition) is 7. The molecule has 2 aromatic carbocycles. The summed E-state index contributed by atoms with van der Waals surface area (Å²) in [6.07, 6.45) is 0.0594. The number of nitrogens with one attached hydrogen (secondary N) is 1. The van der Waals surface area contributed by atoms with Crippen LogP contribution in [-0.4, -0.2) is 54.5 Å². The van der Waals surface area contributed by atoms with E-state index >= 15 is 0 Å². The molecular weight excluding hydrogens is 448 g/mol. The number of amides is 2. The Kier molecular flexibility index (Phi) is 6.58. The fourth-order valence-corrected chi connectivity index (χ4v) is 4.17. The number of halogens is 1. The minimum atomic E-state index is -0.655. The number of nitriles is 1. The van der Waals surface area contributed by atoms with E-state index in [1.54, 1.807) is 40.3 Å². The SMILES string of the molecule is COc1ccc(Cl)cc1NC(=O)ON1CCC2(CC1)CN(Cc1ccc(C#N)cc1)C(=O)O2. The molecule has 2 amide bonds. The monoisotopic (exact) mass is 470 g/mol. The van der Waals surface area contributed by atoms with E-state index in [0.717, 1.165) is 5.56 Å². The van der Waals surface area contributed by atoms with E-state index in [4.69, 9.17) is 31.2 Å². The molecule has 2 saturated heterocycles. The maximum Gasteiger partial charge on any atom is 0.430 e. The van der Waals surface area contributed by atoms with Crippen LogP contribution in [0.4, 0.5) is 15.3 Å². The predicted molar refractivity (Wildman–Crippen MR) is 120 cm³/mol. The van der Waals surface area contributed by atoms with Crippen LogP contribution < -0.4 is 10.1 Å². The van der Waals surface area contributed by atoms with Gasteiger partial charge in [0, 0.05) is 37.5 Å². The van der Waals surface area contributed by atoms with Crippen LogP contribution in [0, 0.1) is 11.3 Å². The fraction of sp³-hybridized carbons (Fsp3) is 0.348. The Morgan fingerprint density at radius 2 is 1.97 bits per heavy atom. The lowest BCUT2D eigenvalue weighted by atomic mass is 9.92. The number of benzene rings is 2. The summed E-state index contributed by atoms with van der Waals surface area (Å²) in [5.41, 5.74) is 1.31. The summed E-state index contributed by atoms with van der Waals surface area (Å²) < 4.78 is 11.0. The Balaban J connectivity index is 1.29. The minimum absolute atomic E-state index is 0.362. The van der Waals surface area contributed by atoms with E-state index in [1.807, 2.05) is 12.1 Å². The number of carbonyl (C=O) groups excluding carboxylic acids is 2. The number of ether oxygens (including phenoxy) is 2. The molecule has 9 nitrogen and oxygen atoms in total. The summed E-state index contributed by atoms with van der Waals surface area (Å²) in [5.74, 6) is 0.467. The van der Waals surface area contributed by atoms with Gasteiger partial charge in [-0.1, -0.05) is 23.7 Å². The van der Waals surface area contributed by atoms with Crippen LogP contribution >= 0.6 is 11.6 Å². The number of methoxy groups -OCH3 is 1. The van der Waals surface area contributed by atoms with Crippen LogP contribution in [0.25, 0.3) is 0 Å². The maximum absolute atomic E-state index is 12.4. The third kappa shape index (κ3) is 5.30. The minimum Gasteiger partial charge on any atom is -0.495 e. The van der Waals surface area contributed by atoms with Crippen molar-refractivity contribution < 1.29 is 23.9 Å². The van der Waals surface area contributed by atoms with Crippen molar-refractivity contribution in [1.82, 2.24) is 9.96 Å². The molecule has 10 heteroatoms. The van der Waals surface area contributed by atoms with Crippen molar-refractivity contribution in [2.24, 2.45) is 0 Å². The van der Waals surface area contributed by atoms with E-state index in [2.05, 4.69) is 11.4 Å². The molecule has 2 heterocycles. The molecule has 0 unspecified atom stereocenters. The lowest BCUT2D eigenvalue weighted by molar-refractivity contribution is -0.138. The predicted octanol–water partition coefficient (Wildman–Crippen LogP) is 4.17. The van der Waals surface area contributed by atoms with Gasteiger partial charge < -0.3 is 14.3 Å². The smallest absolute Gasteiger partial charge is 0.430 e. The van der Waals surface area contributed by atoms with Gasteiger partial charge >= 0.3 is 12.2 Å². The van der Waals surface area contributed by atoms with Crippen LogP contribution in [0.2, 0.25) is 5.02 Å². The third-order valence-corrected chi connectivity index (χ3v) is 5.98. The van der Waals surface area contributed by atoms with Gasteiger partial charge in [0.2, 0.25) is 0 Å². The molecule has 2 aliphatic rings. The lowest BCUT2D eigenvalue weighted by Crippen LogP contribution is -2.47.